The van der Waals surface area contributed by atoms with Crippen LogP contribution in [-0.2, 0) is 4.74 Å². The van der Waals surface area contributed by atoms with Gasteiger partial charge in [-0.05, 0) is 43.6 Å². The topological polar surface area (TPSA) is 9.23 Å². The molecular weight excluding hydrogens is 184 g/mol. The summed E-state index contributed by atoms with van der Waals surface area (Å²) in [5, 5.41) is 0. The number of methoxy groups -OCH3 is 1. The molecule has 0 amide bonds. The number of hydrogen-bond acceptors (Lipinski definition) is 1. The minimum Gasteiger partial charge on any atom is -0.505 e. The average molecular weight is 210 g/mol. The van der Waals surface area contributed by atoms with E-state index in [2.05, 4.69) is 13.0 Å². The second-order valence-electron chi connectivity index (χ2n) is 4.84. The molecule has 1 aliphatic carbocycles. The Labute approximate surface area is 94.9 Å². The summed E-state index contributed by atoms with van der Waals surface area (Å²) in [6.07, 6.45) is 15.4. The molecule has 88 valence electrons. The Kier molecular flexibility index (Phi) is 6.54. The van der Waals surface area contributed by atoms with E-state index in [1.54, 1.807) is 7.11 Å². The second-order valence-corrected chi connectivity index (χ2v) is 4.84. The predicted octanol–water partition coefficient (Wildman–Crippen LogP) is 4.53. The van der Waals surface area contributed by atoms with Crippen LogP contribution in [0.1, 0.15) is 58.3 Å². The summed E-state index contributed by atoms with van der Waals surface area (Å²) in [6.45, 7) is 2.28. The van der Waals surface area contributed by atoms with Crippen molar-refractivity contribution in [3.63, 3.8) is 0 Å². The van der Waals surface area contributed by atoms with Crippen molar-refractivity contribution >= 4 is 0 Å². The number of ether oxygens (including phenoxy) is 1. The molecule has 1 fully saturated rings. The van der Waals surface area contributed by atoms with Gasteiger partial charge in [0.2, 0.25) is 0 Å². The van der Waals surface area contributed by atoms with Crippen LogP contribution in [0.5, 0.6) is 0 Å². The van der Waals surface area contributed by atoms with Crippen molar-refractivity contribution in [2.24, 2.45) is 11.8 Å². The number of rotatable bonds is 6. The number of allylic oxidation sites excluding steroid dienone is 1. The van der Waals surface area contributed by atoms with E-state index in [1.807, 2.05) is 6.26 Å². The van der Waals surface area contributed by atoms with Gasteiger partial charge in [-0.3, -0.25) is 0 Å². The Morgan fingerprint density at radius 2 is 1.87 bits per heavy atom. The molecule has 1 nitrogen and oxygen atoms in total. The van der Waals surface area contributed by atoms with Gasteiger partial charge in [0.15, 0.2) is 0 Å². The molecule has 0 spiro atoms. The van der Waals surface area contributed by atoms with Crippen molar-refractivity contribution in [2.45, 2.75) is 58.3 Å². The molecule has 1 saturated carbocycles. The molecule has 15 heavy (non-hydrogen) atoms. The fourth-order valence-corrected chi connectivity index (χ4v) is 2.54. The van der Waals surface area contributed by atoms with E-state index >= 15 is 0 Å². The molecule has 0 aromatic rings. The lowest BCUT2D eigenvalue weighted by molar-refractivity contribution is 0.280. The largest absolute Gasteiger partial charge is 0.505 e. The third-order valence-electron chi connectivity index (χ3n) is 3.59. The molecule has 0 unspecified atom stereocenters. The van der Waals surface area contributed by atoms with Crippen LogP contribution in [0.4, 0.5) is 0 Å². The third kappa shape index (κ3) is 5.25. The highest BCUT2D eigenvalue weighted by Crippen LogP contribution is 2.32. The molecule has 0 aromatic heterocycles. The SMILES string of the molecule is CCCCCC1CCC(/C=C/OC)CC1. The van der Waals surface area contributed by atoms with Crippen molar-refractivity contribution in [2.75, 3.05) is 7.11 Å². The van der Waals surface area contributed by atoms with E-state index in [4.69, 9.17) is 4.74 Å². The quantitative estimate of drug-likeness (QED) is 0.462. The Balaban J connectivity index is 2.09. The molecule has 1 rings (SSSR count). The van der Waals surface area contributed by atoms with Gasteiger partial charge in [-0.2, -0.15) is 0 Å². The van der Waals surface area contributed by atoms with Crippen molar-refractivity contribution < 1.29 is 4.74 Å². The van der Waals surface area contributed by atoms with Gasteiger partial charge in [-0.15, -0.1) is 0 Å². The van der Waals surface area contributed by atoms with Gasteiger partial charge in [-0.1, -0.05) is 32.6 Å². The Bertz CT molecular complexity index is 166. The lowest BCUT2D eigenvalue weighted by Gasteiger charge is -2.26. The van der Waals surface area contributed by atoms with Gasteiger partial charge in [0.05, 0.1) is 13.4 Å². The van der Waals surface area contributed by atoms with Gasteiger partial charge in [0, 0.05) is 0 Å². The molecule has 0 heterocycles. The highest BCUT2D eigenvalue weighted by atomic mass is 16.5. The van der Waals surface area contributed by atoms with Crippen LogP contribution in [0, 0.1) is 11.8 Å². The first kappa shape index (κ1) is 12.6. The Hall–Kier alpha value is -0.460. The summed E-state index contributed by atoms with van der Waals surface area (Å²) in [7, 11) is 1.73. The molecule has 1 aliphatic rings. The minimum atomic E-state index is 0.785. The summed E-state index contributed by atoms with van der Waals surface area (Å²) in [4.78, 5) is 0. The first-order valence-electron chi connectivity index (χ1n) is 6.56. The highest BCUT2D eigenvalue weighted by molar-refractivity contribution is 4.86. The first-order valence-corrected chi connectivity index (χ1v) is 6.56. The lowest BCUT2D eigenvalue weighted by atomic mass is 9.80. The van der Waals surface area contributed by atoms with Crippen molar-refractivity contribution in [3.8, 4) is 0 Å². The fraction of sp³-hybridized carbons (Fsp3) is 0.857. The summed E-state index contributed by atoms with van der Waals surface area (Å²) >= 11 is 0. The summed E-state index contributed by atoms with van der Waals surface area (Å²) in [5.41, 5.74) is 0. The van der Waals surface area contributed by atoms with Gasteiger partial charge < -0.3 is 4.74 Å². The van der Waals surface area contributed by atoms with Crippen LogP contribution >= 0.6 is 0 Å². The zero-order chi connectivity index (χ0) is 10.9. The van der Waals surface area contributed by atoms with E-state index in [1.165, 1.54) is 51.4 Å². The predicted molar refractivity (Wildman–Crippen MR) is 65.7 cm³/mol. The zero-order valence-electron chi connectivity index (χ0n) is 10.4. The van der Waals surface area contributed by atoms with Crippen molar-refractivity contribution in [3.05, 3.63) is 12.3 Å². The highest BCUT2D eigenvalue weighted by Gasteiger charge is 2.18. The molecule has 0 bridgehead atoms. The van der Waals surface area contributed by atoms with Crippen LogP contribution in [0.25, 0.3) is 0 Å². The minimum absolute atomic E-state index is 0.785. The maximum Gasteiger partial charge on any atom is 0.0787 e. The van der Waals surface area contributed by atoms with Gasteiger partial charge >= 0.3 is 0 Å². The molecule has 0 atom stereocenters. The van der Waals surface area contributed by atoms with E-state index in [9.17, 15) is 0 Å². The van der Waals surface area contributed by atoms with Gasteiger partial charge in [0.25, 0.3) is 0 Å². The van der Waals surface area contributed by atoms with Gasteiger partial charge in [0.1, 0.15) is 0 Å². The second kappa shape index (κ2) is 7.78. The number of unbranched alkanes of at least 4 members (excludes halogenated alkanes) is 2. The lowest BCUT2D eigenvalue weighted by Crippen LogP contribution is -2.13. The molecular formula is C14H26O. The monoisotopic (exact) mass is 210 g/mol. The molecule has 0 aliphatic heterocycles. The molecule has 0 saturated heterocycles. The Morgan fingerprint density at radius 3 is 2.47 bits per heavy atom. The number of hydrogen-bond donors (Lipinski definition) is 0. The van der Waals surface area contributed by atoms with Crippen LogP contribution in [0.15, 0.2) is 12.3 Å². The molecule has 0 radical (unpaired) electrons. The standard InChI is InChI=1S/C14H26O/c1-3-4-5-6-13-7-9-14(10-8-13)11-12-15-2/h11-14H,3-10H2,1-2H3/b12-11+. The first-order chi connectivity index (χ1) is 7.36. The Morgan fingerprint density at radius 1 is 1.13 bits per heavy atom. The van der Waals surface area contributed by atoms with Crippen molar-refractivity contribution in [1.82, 2.24) is 0 Å². The van der Waals surface area contributed by atoms with Crippen LogP contribution in [0.2, 0.25) is 0 Å². The summed E-state index contributed by atoms with van der Waals surface area (Å²) < 4.78 is 4.97. The van der Waals surface area contributed by atoms with E-state index in [-0.39, 0.29) is 0 Å². The smallest absolute Gasteiger partial charge is 0.0787 e. The van der Waals surface area contributed by atoms with E-state index in [0.717, 1.165) is 11.8 Å². The van der Waals surface area contributed by atoms with Gasteiger partial charge in [-0.25, -0.2) is 0 Å². The molecule has 0 aromatic carbocycles. The average Bonchev–Trinajstić information content (AvgIpc) is 2.28. The van der Waals surface area contributed by atoms with E-state index in [0.29, 0.717) is 0 Å². The zero-order valence-corrected chi connectivity index (χ0v) is 10.4. The summed E-state index contributed by atoms with van der Waals surface area (Å²) in [6, 6.07) is 0. The molecule has 1 heteroatoms. The van der Waals surface area contributed by atoms with E-state index < -0.39 is 0 Å². The fourth-order valence-electron chi connectivity index (χ4n) is 2.54. The third-order valence-corrected chi connectivity index (χ3v) is 3.59. The normalized spacial score (nSPS) is 27.1. The molecule has 0 N–H and O–H groups in total. The summed E-state index contributed by atoms with van der Waals surface area (Å²) in [5.74, 6) is 1.80. The van der Waals surface area contributed by atoms with Crippen LogP contribution in [0.3, 0.4) is 0 Å². The van der Waals surface area contributed by atoms with Crippen LogP contribution < -0.4 is 0 Å². The maximum absolute atomic E-state index is 4.97. The van der Waals surface area contributed by atoms with Crippen molar-refractivity contribution in [1.29, 1.82) is 0 Å². The van der Waals surface area contributed by atoms with Crippen LogP contribution in [-0.4, -0.2) is 7.11 Å². The maximum atomic E-state index is 4.97.